The van der Waals surface area contributed by atoms with E-state index in [9.17, 15) is 0 Å². The first-order chi connectivity index (χ1) is 6.76. The molecule has 4 heteroatoms. The molecule has 3 N–H and O–H groups in total. The SMILES string of the molecule is CCN(CC)CCN=C(N)NC1CC1. The fourth-order valence-electron chi connectivity index (χ4n) is 1.33. The molecule has 82 valence electrons. The lowest BCUT2D eigenvalue weighted by Gasteiger charge is -2.16. The fourth-order valence-corrected chi connectivity index (χ4v) is 1.33. The van der Waals surface area contributed by atoms with Crippen molar-refractivity contribution in [2.75, 3.05) is 26.2 Å². The third kappa shape index (κ3) is 4.46. The molecule has 0 spiro atoms. The van der Waals surface area contributed by atoms with Crippen LogP contribution < -0.4 is 11.1 Å². The molecule has 0 saturated heterocycles. The van der Waals surface area contributed by atoms with Crippen molar-refractivity contribution in [2.45, 2.75) is 32.7 Å². The topological polar surface area (TPSA) is 53.6 Å². The number of nitrogens with zero attached hydrogens (tertiary/aromatic N) is 2. The molecule has 0 aromatic rings. The Kier molecular flexibility index (Phi) is 4.73. The van der Waals surface area contributed by atoms with E-state index >= 15 is 0 Å². The molecule has 0 atom stereocenters. The molecule has 0 heterocycles. The average Bonchev–Trinajstić information content (AvgIpc) is 2.96. The minimum atomic E-state index is 0.604. The Morgan fingerprint density at radius 2 is 2.07 bits per heavy atom. The standard InChI is InChI=1S/C10H22N4/c1-3-14(4-2)8-7-12-10(11)13-9-5-6-9/h9H,3-8H2,1-2H3,(H3,11,12,13). The van der Waals surface area contributed by atoms with Crippen LogP contribution in [0.25, 0.3) is 0 Å². The summed E-state index contributed by atoms with van der Waals surface area (Å²) in [6, 6.07) is 0.604. The molecule has 14 heavy (non-hydrogen) atoms. The van der Waals surface area contributed by atoms with Gasteiger partial charge in [-0.2, -0.15) is 0 Å². The van der Waals surface area contributed by atoms with E-state index in [1.54, 1.807) is 0 Å². The Morgan fingerprint density at radius 3 is 2.57 bits per heavy atom. The van der Waals surface area contributed by atoms with Gasteiger partial charge in [-0.25, -0.2) is 0 Å². The van der Waals surface area contributed by atoms with Crippen molar-refractivity contribution < 1.29 is 0 Å². The summed E-state index contributed by atoms with van der Waals surface area (Å²) in [5.41, 5.74) is 5.70. The van der Waals surface area contributed by atoms with Crippen LogP contribution >= 0.6 is 0 Å². The first kappa shape index (κ1) is 11.3. The molecule has 4 nitrogen and oxygen atoms in total. The van der Waals surface area contributed by atoms with Crippen molar-refractivity contribution in [1.29, 1.82) is 0 Å². The van der Waals surface area contributed by atoms with Crippen LogP contribution in [0.2, 0.25) is 0 Å². The molecule has 0 aromatic carbocycles. The number of nitrogens with two attached hydrogens (primary N) is 1. The van der Waals surface area contributed by atoms with Crippen molar-refractivity contribution in [3.63, 3.8) is 0 Å². The largest absolute Gasteiger partial charge is 0.370 e. The fraction of sp³-hybridized carbons (Fsp3) is 0.900. The van der Waals surface area contributed by atoms with Crippen LogP contribution in [-0.2, 0) is 0 Å². The molecular formula is C10H22N4. The smallest absolute Gasteiger partial charge is 0.188 e. The molecule has 1 aliphatic carbocycles. The zero-order valence-electron chi connectivity index (χ0n) is 9.29. The minimum absolute atomic E-state index is 0.604. The van der Waals surface area contributed by atoms with Crippen LogP contribution in [0.4, 0.5) is 0 Å². The highest BCUT2D eigenvalue weighted by Crippen LogP contribution is 2.17. The number of likely N-dealkylation sites (N-methyl/N-ethyl adjacent to an activating group) is 1. The van der Waals surface area contributed by atoms with Crippen LogP contribution in [-0.4, -0.2) is 43.1 Å². The van der Waals surface area contributed by atoms with Gasteiger partial charge in [0, 0.05) is 12.6 Å². The Morgan fingerprint density at radius 1 is 1.43 bits per heavy atom. The van der Waals surface area contributed by atoms with E-state index in [2.05, 4.69) is 29.1 Å². The van der Waals surface area contributed by atoms with E-state index < -0.39 is 0 Å². The van der Waals surface area contributed by atoms with E-state index in [4.69, 9.17) is 5.73 Å². The third-order valence-corrected chi connectivity index (χ3v) is 2.52. The summed E-state index contributed by atoms with van der Waals surface area (Å²) in [5.74, 6) is 0.611. The molecule has 0 aliphatic heterocycles. The maximum absolute atomic E-state index is 5.70. The highest BCUT2D eigenvalue weighted by molar-refractivity contribution is 5.78. The van der Waals surface area contributed by atoms with E-state index in [0.29, 0.717) is 12.0 Å². The molecule has 1 aliphatic rings. The molecule has 0 amide bonds. The predicted molar refractivity (Wildman–Crippen MR) is 60.4 cm³/mol. The quantitative estimate of drug-likeness (QED) is 0.480. The zero-order chi connectivity index (χ0) is 10.4. The van der Waals surface area contributed by atoms with Crippen LogP contribution in [0.5, 0.6) is 0 Å². The number of aliphatic imine (C=N–C) groups is 1. The number of guanidine groups is 1. The van der Waals surface area contributed by atoms with Gasteiger partial charge in [-0.15, -0.1) is 0 Å². The molecule has 0 aromatic heterocycles. The van der Waals surface area contributed by atoms with Gasteiger partial charge in [0.15, 0.2) is 5.96 Å². The summed E-state index contributed by atoms with van der Waals surface area (Å²) in [6.45, 7) is 8.30. The molecular weight excluding hydrogens is 176 g/mol. The Balaban J connectivity index is 2.10. The number of hydrogen-bond donors (Lipinski definition) is 2. The average molecular weight is 198 g/mol. The van der Waals surface area contributed by atoms with Crippen LogP contribution in [0.15, 0.2) is 4.99 Å². The van der Waals surface area contributed by atoms with Crippen molar-refractivity contribution in [2.24, 2.45) is 10.7 Å². The van der Waals surface area contributed by atoms with Gasteiger partial charge in [-0.1, -0.05) is 13.8 Å². The van der Waals surface area contributed by atoms with E-state index in [1.165, 1.54) is 12.8 Å². The molecule has 0 unspecified atom stereocenters. The summed E-state index contributed by atoms with van der Waals surface area (Å²) in [5, 5.41) is 3.17. The number of nitrogens with one attached hydrogen (secondary N) is 1. The second-order valence-electron chi connectivity index (χ2n) is 3.71. The highest BCUT2D eigenvalue weighted by atomic mass is 15.2. The van der Waals surface area contributed by atoms with Crippen LogP contribution in [0, 0.1) is 0 Å². The van der Waals surface area contributed by atoms with Crippen molar-refractivity contribution in [1.82, 2.24) is 10.2 Å². The normalized spacial score (nSPS) is 17.5. The summed E-state index contributed by atoms with van der Waals surface area (Å²) in [4.78, 5) is 6.62. The Hall–Kier alpha value is -0.770. The maximum atomic E-state index is 5.70. The van der Waals surface area contributed by atoms with Gasteiger partial charge >= 0.3 is 0 Å². The minimum Gasteiger partial charge on any atom is -0.370 e. The summed E-state index contributed by atoms with van der Waals surface area (Å²) in [6.07, 6.45) is 2.48. The molecule has 1 fully saturated rings. The predicted octanol–water partition coefficient (Wildman–Crippen LogP) is 0.395. The first-order valence-electron chi connectivity index (χ1n) is 5.55. The second kappa shape index (κ2) is 5.86. The van der Waals surface area contributed by atoms with E-state index in [-0.39, 0.29) is 0 Å². The van der Waals surface area contributed by atoms with Gasteiger partial charge in [0.25, 0.3) is 0 Å². The van der Waals surface area contributed by atoms with E-state index in [1.807, 2.05) is 0 Å². The van der Waals surface area contributed by atoms with Gasteiger partial charge in [0.05, 0.1) is 6.54 Å². The summed E-state index contributed by atoms with van der Waals surface area (Å²) < 4.78 is 0. The molecule has 0 bridgehead atoms. The van der Waals surface area contributed by atoms with Crippen LogP contribution in [0.1, 0.15) is 26.7 Å². The van der Waals surface area contributed by atoms with E-state index in [0.717, 1.165) is 26.2 Å². The van der Waals surface area contributed by atoms with Gasteiger partial charge in [-0.3, -0.25) is 4.99 Å². The second-order valence-corrected chi connectivity index (χ2v) is 3.71. The molecule has 0 radical (unpaired) electrons. The third-order valence-electron chi connectivity index (χ3n) is 2.52. The van der Waals surface area contributed by atoms with Gasteiger partial charge < -0.3 is 16.0 Å². The van der Waals surface area contributed by atoms with Crippen LogP contribution in [0.3, 0.4) is 0 Å². The highest BCUT2D eigenvalue weighted by Gasteiger charge is 2.21. The first-order valence-corrected chi connectivity index (χ1v) is 5.55. The zero-order valence-corrected chi connectivity index (χ0v) is 9.29. The van der Waals surface area contributed by atoms with Gasteiger partial charge in [0.2, 0.25) is 0 Å². The number of rotatable bonds is 6. The van der Waals surface area contributed by atoms with Crippen molar-refractivity contribution in [3.05, 3.63) is 0 Å². The lowest BCUT2D eigenvalue weighted by atomic mass is 10.5. The Labute approximate surface area is 86.6 Å². The lowest BCUT2D eigenvalue weighted by Crippen LogP contribution is -2.34. The molecule has 1 saturated carbocycles. The van der Waals surface area contributed by atoms with Gasteiger partial charge in [0.1, 0.15) is 0 Å². The maximum Gasteiger partial charge on any atom is 0.188 e. The van der Waals surface area contributed by atoms with Crippen molar-refractivity contribution in [3.8, 4) is 0 Å². The van der Waals surface area contributed by atoms with Gasteiger partial charge in [-0.05, 0) is 25.9 Å². The van der Waals surface area contributed by atoms with Crippen molar-refractivity contribution >= 4 is 5.96 Å². The lowest BCUT2D eigenvalue weighted by molar-refractivity contribution is 0.313. The monoisotopic (exact) mass is 198 g/mol. The summed E-state index contributed by atoms with van der Waals surface area (Å²) >= 11 is 0. The molecule has 1 rings (SSSR count). The summed E-state index contributed by atoms with van der Waals surface area (Å²) in [7, 11) is 0. The number of hydrogen-bond acceptors (Lipinski definition) is 2. The Bertz CT molecular complexity index is 183.